The molecule has 0 bridgehead atoms. The zero-order valence-electron chi connectivity index (χ0n) is 14.1. The Hall–Kier alpha value is -2.32. The maximum absolute atomic E-state index is 12.6. The van der Waals surface area contributed by atoms with E-state index in [0.29, 0.717) is 18.2 Å². The number of hydrogen-bond acceptors (Lipinski definition) is 6. The van der Waals surface area contributed by atoms with Gasteiger partial charge in [0.25, 0.3) is 5.91 Å². The van der Waals surface area contributed by atoms with E-state index >= 15 is 0 Å². The predicted molar refractivity (Wildman–Crippen MR) is 95.6 cm³/mol. The third-order valence-electron chi connectivity index (χ3n) is 3.74. The smallest absolute Gasteiger partial charge is 0.287 e. The van der Waals surface area contributed by atoms with Crippen LogP contribution in [-0.4, -0.2) is 39.6 Å². The Kier molecular flexibility index (Phi) is 5.72. The van der Waals surface area contributed by atoms with Gasteiger partial charge < -0.3 is 14.5 Å². The van der Waals surface area contributed by atoms with Crippen molar-refractivity contribution in [1.82, 2.24) is 19.9 Å². The van der Waals surface area contributed by atoms with E-state index in [2.05, 4.69) is 15.5 Å². The average Bonchev–Trinajstić information content (AvgIpc) is 3.26. The van der Waals surface area contributed by atoms with Crippen LogP contribution in [0.3, 0.4) is 0 Å². The zero-order chi connectivity index (χ0) is 17.6. The highest BCUT2D eigenvalue weighted by molar-refractivity contribution is 7.98. The second-order valence-corrected chi connectivity index (χ2v) is 6.48. The third kappa shape index (κ3) is 4.02. The van der Waals surface area contributed by atoms with E-state index in [-0.39, 0.29) is 17.7 Å². The molecule has 0 aliphatic carbocycles. The largest absolute Gasteiger partial charge is 0.453 e. The minimum Gasteiger partial charge on any atom is -0.453 e. The van der Waals surface area contributed by atoms with Crippen LogP contribution in [0.4, 0.5) is 0 Å². The summed E-state index contributed by atoms with van der Waals surface area (Å²) in [5.74, 6) is 2.19. The fraction of sp³-hybridized carbons (Fsp3) is 0.353. The van der Waals surface area contributed by atoms with Crippen molar-refractivity contribution in [2.24, 2.45) is 0 Å². The first-order valence-corrected chi connectivity index (χ1v) is 9.29. The number of carbonyl (C=O) groups excluding carboxylic acids is 1. The summed E-state index contributed by atoms with van der Waals surface area (Å²) in [5, 5.41) is 11.4. The van der Waals surface area contributed by atoms with Crippen LogP contribution in [0.2, 0.25) is 0 Å². The van der Waals surface area contributed by atoms with E-state index in [0.717, 1.165) is 17.8 Å². The molecule has 0 aliphatic rings. The summed E-state index contributed by atoms with van der Waals surface area (Å²) in [6, 6.07) is 8.83. The number of thioether (sulfide) groups is 1. The summed E-state index contributed by atoms with van der Waals surface area (Å²) >= 11 is 1.72. The predicted octanol–water partition coefficient (Wildman–Crippen LogP) is 2.69. The number of aromatic nitrogens is 3. The fourth-order valence-corrected chi connectivity index (χ4v) is 3.02. The lowest BCUT2D eigenvalue weighted by molar-refractivity contribution is 0.0897. The maximum Gasteiger partial charge on any atom is 0.287 e. The van der Waals surface area contributed by atoms with Crippen molar-refractivity contribution in [3.63, 3.8) is 0 Å². The number of nitrogens with zero attached hydrogens (tertiary/aromatic N) is 3. The van der Waals surface area contributed by atoms with Crippen LogP contribution in [0, 0.1) is 0 Å². The third-order valence-corrected chi connectivity index (χ3v) is 4.38. The molecule has 3 heterocycles. The van der Waals surface area contributed by atoms with Gasteiger partial charge in [-0.3, -0.25) is 9.20 Å². The van der Waals surface area contributed by atoms with Gasteiger partial charge in [-0.15, -0.1) is 10.2 Å². The molecule has 0 fully saturated rings. The van der Waals surface area contributed by atoms with Gasteiger partial charge in [0.2, 0.25) is 0 Å². The molecule has 0 saturated heterocycles. The molecule has 0 spiro atoms. The van der Waals surface area contributed by atoms with Crippen molar-refractivity contribution in [3.05, 3.63) is 53.9 Å². The van der Waals surface area contributed by atoms with Crippen LogP contribution < -0.4 is 5.32 Å². The number of pyridine rings is 1. The van der Waals surface area contributed by atoms with Crippen molar-refractivity contribution in [1.29, 1.82) is 0 Å². The number of rotatable bonds is 8. The maximum atomic E-state index is 12.6. The van der Waals surface area contributed by atoms with Gasteiger partial charge in [-0.2, -0.15) is 11.8 Å². The Morgan fingerprint density at radius 1 is 1.36 bits per heavy atom. The van der Waals surface area contributed by atoms with Gasteiger partial charge in [-0.25, -0.2) is 0 Å². The van der Waals surface area contributed by atoms with Gasteiger partial charge in [0.1, 0.15) is 12.4 Å². The van der Waals surface area contributed by atoms with E-state index in [9.17, 15) is 4.79 Å². The van der Waals surface area contributed by atoms with Crippen LogP contribution >= 0.6 is 11.8 Å². The number of carbonyl (C=O) groups is 1. The van der Waals surface area contributed by atoms with Gasteiger partial charge in [0.15, 0.2) is 17.2 Å². The Bertz CT molecular complexity index is 845. The first-order valence-electron chi connectivity index (χ1n) is 7.90. The van der Waals surface area contributed by atoms with E-state index in [1.165, 1.54) is 0 Å². The van der Waals surface area contributed by atoms with Crippen LogP contribution in [0.15, 0.2) is 40.9 Å². The van der Waals surface area contributed by atoms with Crippen molar-refractivity contribution >= 4 is 23.3 Å². The number of nitrogens with one attached hydrogen (secondary N) is 1. The minimum atomic E-state index is -0.277. The lowest BCUT2D eigenvalue weighted by Gasteiger charge is -2.16. The lowest BCUT2D eigenvalue weighted by Crippen LogP contribution is -2.30. The molecule has 3 aromatic heterocycles. The lowest BCUT2D eigenvalue weighted by atomic mass is 10.2. The van der Waals surface area contributed by atoms with Crippen molar-refractivity contribution in [2.45, 2.75) is 19.1 Å². The molecule has 1 amide bonds. The molecule has 132 valence electrons. The van der Waals surface area contributed by atoms with Crippen LogP contribution in [-0.2, 0) is 11.3 Å². The number of fused-ring (bicyclic) bond motifs is 1. The van der Waals surface area contributed by atoms with E-state index in [1.54, 1.807) is 31.0 Å². The molecule has 0 aliphatic heterocycles. The minimum absolute atomic E-state index is 0.256. The molecule has 1 unspecified atom stereocenters. The molecule has 3 rings (SSSR count). The van der Waals surface area contributed by atoms with Gasteiger partial charge >= 0.3 is 0 Å². The highest BCUT2D eigenvalue weighted by Crippen LogP contribution is 2.19. The Morgan fingerprint density at radius 3 is 3.04 bits per heavy atom. The molecule has 25 heavy (non-hydrogen) atoms. The molecule has 0 radical (unpaired) electrons. The standard InChI is InChI=1S/C17H20N4O3S/c1-23-11-12-6-7-14(24-12)17(22)18-13(8-10-25-2)16-20-19-15-5-3-4-9-21(15)16/h3-7,9,13H,8,10-11H2,1-2H3,(H,18,22). The number of amides is 1. The fourth-order valence-electron chi connectivity index (χ4n) is 2.55. The molecular weight excluding hydrogens is 340 g/mol. The highest BCUT2D eigenvalue weighted by atomic mass is 32.2. The van der Waals surface area contributed by atoms with Crippen molar-refractivity contribution in [3.8, 4) is 0 Å². The van der Waals surface area contributed by atoms with Crippen LogP contribution in [0.5, 0.6) is 0 Å². The topological polar surface area (TPSA) is 81.7 Å². The second-order valence-electron chi connectivity index (χ2n) is 5.49. The quantitative estimate of drug-likeness (QED) is 0.665. The molecular formula is C17H20N4O3S. The first kappa shape index (κ1) is 17.5. The highest BCUT2D eigenvalue weighted by Gasteiger charge is 2.22. The molecule has 7 nitrogen and oxygen atoms in total. The SMILES string of the molecule is COCc1ccc(C(=O)NC(CCSC)c2nnc3ccccn23)o1. The number of hydrogen-bond donors (Lipinski definition) is 1. The van der Waals surface area contributed by atoms with E-state index in [4.69, 9.17) is 9.15 Å². The van der Waals surface area contributed by atoms with Crippen molar-refractivity contribution in [2.75, 3.05) is 19.1 Å². The molecule has 1 atom stereocenters. The van der Waals surface area contributed by atoms with Gasteiger partial charge in [0, 0.05) is 13.3 Å². The Morgan fingerprint density at radius 2 is 2.24 bits per heavy atom. The van der Waals surface area contributed by atoms with Gasteiger partial charge in [0.05, 0.1) is 6.04 Å². The summed E-state index contributed by atoms with van der Waals surface area (Å²) in [7, 11) is 1.58. The number of ether oxygens (including phenoxy) is 1. The first-order chi connectivity index (χ1) is 12.2. The molecule has 0 saturated carbocycles. The summed E-state index contributed by atoms with van der Waals surface area (Å²) in [6.45, 7) is 0.331. The number of methoxy groups -OCH3 is 1. The monoisotopic (exact) mass is 360 g/mol. The van der Waals surface area contributed by atoms with Crippen LogP contribution in [0.25, 0.3) is 5.65 Å². The summed E-state index contributed by atoms with van der Waals surface area (Å²) in [5.41, 5.74) is 0.751. The molecule has 8 heteroatoms. The molecule has 0 aromatic carbocycles. The van der Waals surface area contributed by atoms with Gasteiger partial charge in [-0.05, 0) is 42.7 Å². The van der Waals surface area contributed by atoms with Gasteiger partial charge in [-0.1, -0.05) is 6.07 Å². The zero-order valence-corrected chi connectivity index (χ0v) is 15.0. The molecule has 1 N–H and O–H groups in total. The van der Waals surface area contributed by atoms with Crippen LogP contribution in [0.1, 0.15) is 34.6 Å². The van der Waals surface area contributed by atoms with E-state index < -0.39 is 0 Å². The number of furan rings is 1. The Balaban J connectivity index is 1.81. The second kappa shape index (κ2) is 8.17. The summed E-state index contributed by atoms with van der Waals surface area (Å²) < 4.78 is 12.4. The normalized spacial score (nSPS) is 12.4. The molecule has 3 aromatic rings. The van der Waals surface area contributed by atoms with E-state index in [1.807, 2.05) is 35.1 Å². The summed E-state index contributed by atoms with van der Waals surface area (Å²) in [6.07, 6.45) is 4.67. The average molecular weight is 360 g/mol. The van der Waals surface area contributed by atoms with Crippen molar-refractivity contribution < 1.29 is 13.9 Å². The Labute approximate surface area is 149 Å². The summed E-state index contributed by atoms with van der Waals surface area (Å²) in [4.78, 5) is 12.6.